The Hall–Kier alpha value is -1.10. The predicted molar refractivity (Wildman–Crippen MR) is 65.5 cm³/mol. The highest BCUT2D eigenvalue weighted by Crippen LogP contribution is 2.21. The van der Waals surface area contributed by atoms with Gasteiger partial charge in [-0.25, -0.2) is 40.6 Å². The van der Waals surface area contributed by atoms with Crippen LogP contribution >= 0.6 is 0 Å². The molecule has 0 atom stereocenters. The molecule has 0 amide bonds. The Morgan fingerprint density at radius 3 is 1.15 bits per heavy atom. The predicted octanol–water partition coefficient (Wildman–Crippen LogP) is 2.16. The molecule has 0 aliphatic heterocycles. The van der Waals surface area contributed by atoms with Gasteiger partial charge in [0.15, 0.2) is 0 Å². The molecule has 0 aliphatic carbocycles. The second-order valence-electron chi connectivity index (χ2n) is 4.80. The molecule has 0 heterocycles. The van der Waals surface area contributed by atoms with Crippen molar-refractivity contribution in [2.75, 3.05) is 0 Å². The van der Waals surface area contributed by atoms with Crippen molar-refractivity contribution in [2.24, 2.45) is 0 Å². The summed E-state index contributed by atoms with van der Waals surface area (Å²) < 4.78 is 0. The first kappa shape index (κ1) is 17.0. The molecule has 0 saturated heterocycles. The van der Waals surface area contributed by atoms with Crippen molar-refractivity contribution in [1.29, 1.82) is 0 Å². The van der Waals surface area contributed by atoms with Crippen LogP contribution in [0.4, 0.5) is 0 Å². The van der Waals surface area contributed by atoms with E-state index in [1.807, 2.05) is 0 Å². The van der Waals surface area contributed by atoms with E-state index in [9.17, 15) is 0 Å². The Bertz CT molecular complexity index is 357. The lowest BCUT2D eigenvalue weighted by atomic mass is 10.0. The molecule has 4 N–H and O–H groups in total. The summed E-state index contributed by atoms with van der Waals surface area (Å²) in [6.07, 6.45) is 0.203. The van der Waals surface area contributed by atoms with E-state index in [-0.39, 0.29) is 12.8 Å². The van der Waals surface area contributed by atoms with Gasteiger partial charge in [-0.15, -0.1) is 0 Å². The average molecular weight is 290 g/mol. The molecule has 0 aliphatic rings. The van der Waals surface area contributed by atoms with Crippen molar-refractivity contribution in [3.8, 4) is 0 Å². The Labute approximate surface area is 115 Å². The van der Waals surface area contributed by atoms with Gasteiger partial charge in [-0.05, 0) is 25.0 Å². The van der Waals surface area contributed by atoms with E-state index < -0.39 is 11.6 Å². The van der Waals surface area contributed by atoms with Gasteiger partial charge in [0.1, 0.15) is 0 Å². The standard InChI is InChI=1S/C12H18O8/c1-11(17-13,18-14)7-9-3-5-10(6-4-9)8-12(2,19-15)20-16/h3-6,13-16H,7-8H2,1-2H3. The van der Waals surface area contributed by atoms with E-state index >= 15 is 0 Å². The lowest BCUT2D eigenvalue weighted by Crippen LogP contribution is -2.33. The second kappa shape index (κ2) is 7.07. The minimum atomic E-state index is -1.56. The van der Waals surface area contributed by atoms with Crippen molar-refractivity contribution < 1.29 is 40.6 Å². The Kier molecular flexibility index (Phi) is 5.99. The third kappa shape index (κ3) is 4.47. The molecule has 1 aromatic carbocycles. The number of benzene rings is 1. The van der Waals surface area contributed by atoms with Crippen LogP contribution in [0.1, 0.15) is 25.0 Å². The minimum absolute atomic E-state index is 0.102. The summed E-state index contributed by atoms with van der Waals surface area (Å²) in [4.78, 5) is 16.2. The molecule has 8 nitrogen and oxygen atoms in total. The Morgan fingerprint density at radius 2 is 0.950 bits per heavy atom. The first-order valence-corrected chi connectivity index (χ1v) is 5.78. The van der Waals surface area contributed by atoms with Crippen LogP contribution in [0.25, 0.3) is 0 Å². The number of rotatable bonds is 8. The van der Waals surface area contributed by atoms with Crippen LogP contribution in [0, 0.1) is 0 Å². The molecular weight excluding hydrogens is 272 g/mol. The van der Waals surface area contributed by atoms with Gasteiger partial charge in [0.2, 0.25) is 11.6 Å². The summed E-state index contributed by atoms with van der Waals surface area (Å²) in [5.74, 6) is -3.11. The van der Waals surface area contributed by atoms with Crippen molar-refractivity contribution in [3.63, 3.8) is 0 Å². The molecule has 1 rings (SSSR count). The molecule has 0 saturated carbocycles. The zero-order chi connectivity index (χ0) is 15.2. The Balaban J connectivity index is 2.74. The molecule has 0 aromatic heterocycles. The smallest absolute Gasteiger partial charge is 0.234 e. The fraction of sp³-hybridized carbons (Fsp3) is 0.500. The fourth-order valence-corrected chi connectivity index (χ4v) is 1.68. The van der Waals surface area contributed by atoms with Gasteiger partial charge >= 0.3 is 0 Å². The van der Waals surface area contributed by atoms with E-state index in [4.69, 9.17) is 21.0 Å². The number of hydrogen-bond acceptors (Lipinski definition) is 8. The molecule has 8 heteroatoms. The lowest BCUT2D eigenvalue weighted by molar-refractivity contribution is -0.480. The van der Waals surface area contributed by atoms with Crippen LogP contribution in [-0.2, 0) is 32.4 Å². The maximum absolute atomic E-state index is 8.64. The van der Waals surface area contributed by atoms with E-state index in [0.717, 1.165) is 11.1 Å². The quantitative estimate of drug-likeness (QED) is 0.327. The van der Waals surface area contributed by atoms with Crippen LogP contribution < -0.4 is 0 Å². The lowest BCUT2D eigenvalue weighted by Gasteiger charge is -2.23. The summed E-state index contributed by atoms with van der Waals surface area (Å²) in [5.41, 5.74) is 1.44. The molecule has 1 aromatic rings. The van der Waals surface area contributed by atoms with Crippen LogP contribution in [0.5, 0.6) is 0 Å². The zero-order valence-corrected chi connectivity index (χ0v) is 11.1. The third-order valence-electron chi connectivity index (χ3n) is 2.85. The highest BCUT2D eigenvalue weighted by Gasteiger charge is 2.29. The van der Waals surface area contributed by atoms with Crippen molar-refractivity contribution in [1.82, 2.24) is 0 Å². The van der Waals surface area contributed by atoms with Crippen LogP contribution in [0.3, 0.4) is 0 Å². The maximum atomic E-state index is 8.64. The fourth-order valence-electron chi connectivity index (χ4n) is 1.68. The van der Waals surface area contributed by atoms with Crippen LogP contribution in [0.15, 0.2) is 24.3 Å². The average Bonchev–Trinajstić information content (AvgIpc) is 2.49. The normalized spacial score (nSPS) is 12.7. The SMILES string of the molecule is CC(Cc1ccc(CC(C)(OO)OO)cc1)(OO)OO. The van der Waals surface area contributed by atoms with Crippen LogP contribution in [0.2, 0.25) is 0 Å². The van der Waals surface area contributed by atoms with E-state index in [1.165, 1.54) is 13.8 Å². The molecule has 0 spiro atoms. The van der Waals surface area contributed by atoms with Gasteiger partial charge in [-0.3, -0.25) is 0 Å². The van der Waals surface area contributed by atoms with Crippen molar-refractivity contribution in [3.05, 3.63) is 35.4 Å². The highest BCUT2D eigenvalue weighted by atomic mass is 17.2. The summed E-state index contributed by atoms with van der Waals surface area (Å²) in [7, 11) is 0. The van der Waals surface area contributed by atoms with Gasteiger partial charge < -0.3 is 0 Å². The minimum Gasteiger partial charge on any atom is -0.249 e. The molecular formula is C12H18O8. The molecule has 0 fully saturated rings. The Morgan fingerprint density at radius 1 is 0.700 bits per heavy atom. The van der Waals surface area contributed by atoms with Crippen molar-refractivity contribution >= 4 is 0 Å². The van der Waals surface area contributed by atoms with E-state index in [1.54, 1.807) is 24.3 Å². The van der Waals surface area contributed by atoms with E-state index in [0.29, 0.717) is 0 Å². The molecule has 0 bridgehead atoms. The summed E-state index contributed by atoms with van der Waals surface area (Å²) >= 11 is 0. The van der Waals surface area contributed by atoms with Gasteiger partial charge in [0, 0.05) is 12.8 Å². The summed E-state index contributed by atoms with van der Waals surface area (Å²) in [5, 5.41) is 34.6. The van der Waals surface area contributed by atoms with Crippen LogP contribution in [-0.4, -0.2) is 32.6 Å². The van der Waals surface area contributed by atoms with E-state index in [2.05, 4.69) is 19.6 Å². The second-order valence-corrected chi connectivity index (χ2v) is 4.80. The summed E-state index contributed by atoms with van der Waals surface area (Å²) in [6.45, 7) is 2.72. The number of hydrogen-bond donors (Lipinski definition) is 4. The highest BCUT2D eigenvalue weighted by molar-refractivity contribution is 5.24. The van der Waals surface area contributed by atoms with Gasteiger partial charge in [-0.2, -0.15) is 0 Å². The van der Waals surface area contributed by atoms with Crippen molar-refractivity contribution in [2.45, 2.75) is 38.3 Å². The molecule has 0 unspecified atom stereocenters. The molecule has 20 heavy (non-hydrogen) atoms. The first-order chi connectivity index (χ1) is 9.40. The molecule has 114 valence electrons. The van der Waals surface area contributed by atoms with Gasteiger partial charge in [-0.1, -0.05) is 24.3 Å². The largest absolute Gasteiger partial charge is 0.249 e. The van der Waals surface area contributed by atoms with Gasteiger partial charge in [0.05, 0.1) is 0 Å². The zero-order valence-electron chi connectivity index (χ0n) is 11.1. The van der Waals surface area contributed by atoms with Gasteiger partial charge in [0.25, 0.3) is 0 Å². The first-order valence-electron chi connectivity index (χ1n) is 5.78. The maximum Gasteiger partial charge on any atom is 0.234 e. The third-order valence-corrected chi connectivity index (χ3v) is 2.85. The monoisotopic (exact) mass is 290 g/mol. The molecule has 0 radical (unpaired) electrons. The topological polar surface area (TPSA) is 118 Å². The summed E-state index contributed by atoms with van der Waals surface area (Å²) in [6, 6.07) is 6.78.